The molecular formula is C15H30N2. The van der Waals surface area contributed by atoms with Gasteiger partial charge in [-0.2, -0.15) is 0 Å². The Balaban J connectivity index is 1.94. The summed E-state index contributed by atoms with van der Waals surface area (Å²) in [7, 11) is 2.33. The topological polar surface area (TPSA) is 29.3 Å². The highest BCUT2D eigenvalue weighted by Gasteiger charge is 2.30. The lowest BCUT2D eigenvalue weighted by Crippen LogP contribution is -2.50. The van der Waals surface area contributed by atoms with Crippen molar-refractivity contribution in [1.29, 1.82) is 0 Å². The minimum Gasteiger partial charge on any atom is -0.326 e. The van der Waals surface area contributed by atoms with E-state index in [4.69, 9.17) is 5.73 Å². The van der Waals surface area contributed by atoms with Crippen LogP contribution in [0.4, 0.5) is 0 Å². The van der Waals surface area contributed by atoms with Gasteiger partial charge in [0.25, 0.3) is 0 Å². The first-order chi connectivity index (χ1) is 8.18. The summed E-state index contributed by atoms with van der Waals surface area (Å²) in [6, 6.07) is 1.86. The maximum Gasteiger partial charge on any atom is 0.0247 e. The van der Waals surface area contributed by atoms with Crippen LogP contribution in [0, 0.1) is 5.92 Å². The molecule has 0 aromatic carbocycles. The van der Waals surface area contributed by atoms with E-state index >= 15 is 0 Å². The minimum absolute atomic E-state index is 0.416. The van der Waals surface area contributed by atoms with Gasteiger partial charge in [0.2, 0.25) is 0 Å². The van der Waals surface area contributed by atoms with Crippen molar-refractivity contribution in [3.63, 3.8) is 0 Å². The number of hydrogen-bond donors (Lipinski definition) is 1. The molecule has 4 unspecified atom stereocenters. The van der Waals surface area contributed by atoms with E-state index < -0.39 is 0 Å². The van der Waals surface area contributed by atoms with Crippen LogP contribution in [0.1, 0.15) is 64.7 Å². The third-order valence-electron chi connectivity index (χ3n) is 5.04. The van der Waals surface area contributed by atoms with Gasteiger partial charge in [-0.3, -0.25) is 4.90 Å². The van der Waals surface area contributed by atoms with Crippen LogP contribution >= 0.6 is 0 Å². The van der Waals surface area contributed by atoms with Gasteiger partial charge in [-0.05, 0) is 38.6 Å². The van der Waals surface area contributed by atoms with Crippen LogP contribution < -0.4 is 5.73 Å². The van der Waals surface area contributed by atoms with Gasteiger partial charge >= 0.3 is 0 Å². The molecule has 0 aliphatic heterocycles. The highest BCUT2D eigenvalue weighted by Crippen LogP contribution is 2.30. The Labute approximate surface area is 107 Å². The molecule has 0 bridgehead atoms. The van der Waals surface area contributed by atoms with Gasteiger partial charge in [-0.1, -0.05) is 39.0 Å². The van der Waals surface area contributed by atoms with Gasteiger partial charge < -0.3 is 5.73 Å². The smallest absolute Gasteiger partial charge is 0.0247 e. The third kappa shape index (κ3) is 3.45. The van der Waals surface area contributed by atoms with Crippen molar-refractivity contribution in [3.05, 3.63) is 0 Å². The minimum atomic E-state index is 0.416. The standard InChI is InChI=1S/C15H30N2/c1-12-7-6-8-13(11-12)17(2)15-10-5-3-4-9-14(15)16/h12-15H,3-11,16H2,1-2H3. The van der Waals surface area contributed by atoms with E-state index in [0.29, 0.717) is 12.1 Å². The van der Waals surface area contributed by atoms with E-state index in [9.17, 15) is 0 Å². The summed E-state index contributed by atoms with van der Waals surface area (Å²) in [5.41, 5.74) is 6.38. The van der Waals surface area contributed by atoms with E-state index in [1.807, 2.05) is 0 Å². The normalized spacial score (nSPS) is 40.2. The van der Waals surface area contributed by atoms with Crippen molar-refractivity contribution in [2.75, 3.05) is 7.05 Å². The predicted octanol–water partition coefficient (Wildman–Crippen LogP) is 3.16. The van der Waals surface area contributed by atoms with Gasteiger partial charge in [0.15, 0.2) is 0 Å². The van der Waals surface area contributed by atoms with Crippen LogP contribution in [0.5, 0.6) is 0 Å². The predicted molar refractivity (Wildman–Crippen MR) is 74.0 cm³/mol. The molecule has 2 saturated carbocycles. The van der Waals surface area contributed by atoms with Gasteiger partial charge in [-0.25, -0.2) is 0 Å². The second-order valence-electron chi connectivity index (χ2n) is 6.46. The number of nitrogens with zero attached hydrogens (tertiary/aromatic N) is 1. The second-order valence-corrected chi connectivity index (χ2v) is 6.46. The van der Waals surface area contributed by atoms with Gasteiger partial charge in [0, 0.05) is 18.1 Å². The molecule has 4 atom stereocenters. The molecule has 0 radical (unpaired) electrons. The van der Waals surface area contributed by atoms with Crippen LogP contribution in [0.3, 0.4) is 0 Å². The summed E-state index contributed by atoms with van der Waals surface area (Å²) >= 11 is 0. The Morgan fingerprint density at radius 2 is 1.71 bits per heavy atom. The molecule has 2 rings (SSSR count). The molecule has 0 heterocycles. The lowest BCUT2D eigenvalue weighted by Gasteiger charge is -2.41. The lowest BCUT2D eigenvalue weighted by molar-refractivity contribution is 0.0990. The monoisotopic (exact) mass is 238 g/mol. The summed E-state index contributed by atoms with van der Waals surface area (Å²) in [6.45, 7) is 2.41. The fourth-order valence-electron chi connectivity index (χ4n) is 3.87. The van der Waals surface area contributed by atoms with Crippen molar-refractivity contribution in [2.24, 2.45) is 11.7 Å². The van der Waals surface area contributed by atoms with Gasteiger partial charge in [0.05, 0.1) is 0 Å². The summed E-state index contributed by atoms with van der Waals surface area (Å²) in [4.78, 5) is 2.64. The molecule has 17 heavy (non-hydrogen) atoms. The number of rotatable bonds is 2. The van der Waals surface area contributed by atoms with Crippen molar-refractivity contribution >= 4 is 0 Å². The summed E-state index contributed by atoms with van der Waals surface area (Å²) in [5, 5.41) is 0. The van der Waals surface area contributed by atoms with Crippen molar-refractivity contribution in [1.82, 2.24) is 4.90 Å². The maximum atomic E-state index is 6.38. The third-order valence-corrected chi connectivity index (χ3v) is 5.04. The summed E-state index contributed by atoms with van der Waals surface area (Å²) in [6.07, 6.45) is 12.3. The SMILES string of the molecule is CC1CCCC(N(C)C2CCCCCC2N)C1. The molecule has 2 nitrogen and oxygen atoms in total. The second kappa shape index (κ2) is 6.19. The van der Waals surface area contributed by atoms with Crippen LogP contribution in [0.25, 0.3) is 0 Å². The molecule has 2 N–H and O–H groups in total. The summed E-state index contributed by atoms with van der Waals surface area (Å²) in [5.74, 6) is 0.915. The molecule has 100 valence electrons. The van der Waals surface area contributed by atoms with E-state index in [1.54, 1.807) is 0 Å². The Morgan fingerprint density at radius 3 is 2.47 bits per heavy atom. The molecule has 0 amide bonds. The van der Waals surface area contributed by atoms with Gasteiger partial charge in [-0.15, -0.1) is 0 Å². The first kappa shape index (κ1) is 13.4. The number of hydrogen-bond acceptors (Lipinski definition) is 2. The molecule has 2 heteroatoms. The zero-order valence-corrected chi connectivity index (χ0v) is 11.7. The highest BCUT2D eigenvalue weighted by atomic mass is 15.2. The van der Waals surface area contributed by atoms with Gasteiger partial charge in [0.1, 0.15) is 0 Å². The zero-order valence-electron chi connectivity index (χ0n) is 11.7. The highest BCUT2D eigenvalue weighted by molar-refractivity contribution is 4.88. The average molecular weight is 238 g/mol. The van der Waals surface area contributed by atoms with E-state index in [2.05, 4.69) is 18.9 Å². The fraction of sp³-hybridized carbons (Fsp3) is 1.00. The van der Waals surface area contributed by atoms with Crippen molar-refractivity contribution in [2.45, 2.75) is 82.8 Å². The lowest BCUT2D eigenvalue weighted by atomic mass is 9.85. The zero-order chi connectivity index (χ0) is 12.3. The number of likely N-dealkylation sites (N-methyl/N-ethyl adjacent to an activating group) is 1. The Hall–Kier alpha value is -0.0800. The molecule has 0 spiro atoms. The molecule has 0 aromatic heterocycles. The Kier molecular flexibility index (Phi) is 4.87. The average Bonchev–Trinajstić information content (AvgIpc) is 2.53. The first-order valence-electron chi connectivity index (χ1n) is 7.66. The van der Waals surface area contributed by atoms with E-state index in [1.165, 1.54) is 57.8 Å². The molecule has 0 saturated heterocycles. The quantitative estimate of drug-likeness (QED) is 0.749. The maximum absolute atomic E-state index is 6.38. The summed E-state index contributed by atoms with van der Waals surface area (Å²) < 4.78 is 0. The van der Waals surface area contributed by atoms with E-state index in [-0.39, 0.29) is 0 Å². The fourth-order valence-corrected chi connectivity index (χ4v) is 3.87. The molecule has 2 fully saturated rings. The Morgan fingerprint density at radius 1 is 0.941 bits per heavy atom. The van der Waals surface area contributed by atoms with Crippen LogP contribution in [-0.4, -0.2) is 30.1 Å². The number of nitrogens with two attached hydrogens (primary N) is 1. The van der Waals surface area contributed by atoms with E-state index in [0.717, 1.165) is 12.0 Å². The van der Waals surface area contributed by atoms with Crippen LogP contribution in [0.15, 0.2) is 0 Å². The van der Waals surface area contributed by atoms with Crippen LogP contribution in [0.2, 0.25) is 0 Å². The van der Waals surface area contributed by atoms with Crippen molar-refractivity contribution < 1.29 is 0 Å². The molecule has 2 aliphatic rings. The molecular weight excluding hydrogens is 208 g/mol. The Bertz CT molecular complexity index is 229. The van der Waals surface area contributed by atoms with Crippen molar-refractivity contribution in [3.8, 4) is 0 Å². The first-order valence-corrected chi connectivity index (χ1v) is 7.66. The largest absolute Gasteiger partial charge is 0.326 e. The van der Waals surface area contributed by atoms with Crippen LogP contribution in [-0.2, 0) is 0 Å². The molecule has 2 aliphatic carbocycles. The molecule has 0 aromatic rings.